The number of halogens is 2. The smallest absolute Gasteiger partial charge is 0.305 e. The number of amides is 2. The van der Waals surface area contributed by atoms with Gasteiger partial charge in [-0.2, -0.15) is 0 Å². The third kappa shape index (κ3) is 8.35. The number of aliphatic carboxylic acids is 1. The summed E-state index contributed by atoms with van der Waals surface area (Å²) in [5.41, 5.74) is 1.60. The van der Waals surface area contributed by atoms with Gasteiger partial charge < -0.3 is 25.2 Å². The molecule has 0 aliphatic carbocycles. The minimum absolute atomic E-state index is 0.151. The number of carbonyl (C=O) groups excluding carboxylic acids is 2. The lowest BCUT2D eigenvalue weighted by molar-refractivity contribution is -0.137. The number of carbonyl (C=O) groups is 3. The summed E-state index contributed by atoms with van der Waals surface area (Å²) < 4.78 is 31.5. The Labute approximate surface area is 249 Å². The number of nitrogens with zero attached hydrogens (tertiary/aromatic N) is 2. The zero-order chi connectivity index (χ0) is 31.8. The number of nitrogens with one attached hydrogen (secondary N) is 2. The lowest BCUT2D eigenvalue weighted by Crippen LogP contribution is -2.49. The topological polar surface area (TPSA) is 121 Å². The fraction of sp³-hybridized carbons (Fsp3) is 0.375. The predicted octanol–water partition coefficient (Wildman–Crippen LogP) is 4.20. The molecule has 11 heteroatoms. The van der Waals surface area contributed by atoms with E-state index in [1.807, 2.05) is 51.0 Å². The Balaban J connectivity index is 1.93. The second-order valence-corrected chi connectivity index (χ2v) is 10.8. The van der Waals surface area contributed by atoms with Crippen LogP contribution in [0.3, 0.4) is 0 Å². The highest BCUT2D eigenvalue weighted by molar-refractivity contribution is 5.97. The van der Waals surface area contributed by atoms with Crippen LogP contribution in [0.4, 0.5) is 8.78 Å². The molecule has 0 bridgehead atoms. The average molecular weight is 597 g/mol. The van der Waals surface area contributed by atoms with Crippen molar-refractivity contribution in [3.63, 3.8) is 0 Å². The van der Waals surface area contributed by atoms with E-state index in [0.717, 1.165) is 17.2 Å². The van der Waals surface area contributed by atoms with Crippen molar-refractivity contribution in [1.29, 1.82) is 0 Å². The second-order valence-electron chi connectivity index (χ2n) is 10.8. The van der Waals surface area contributed by atoms with E-state index < -0.39 is 53.5 Å². The third-order valence-electron chi connectivity index (χ3n) is 7.15. The molecule has 0 fully saturated rings. The molecule has 9 nitrogen and oxygen atoms in total. The van der Waals surface area contributed by atoms with Crippen molar-refractivity contribution in [3.8, 4) is 11.1 Å². The van der Waals surface area contributed by atoms with Gasteiger partial charge in [0, 0.05) is 24.8 Å². The number of rotatable bonds is 13. The van der Waals surface area contributed by atoms with Gasteiger partial charge in [-0.25, -0.2) is 8.78 Å². The molecular weight excluding hydrogens is 558 g/mol. The van der Waals surface area contributed by atoms with Crippen molar-refractivity contribution < 1.29 is 28.3 Å². The lowest BCUT2D eigenvalue weighted by Gasteiger charge is -2.24. The van der Waals surface area contributed by atoms with E-state index in [1.54, 1.807) is 19.2 Å². The molecule has 1 heterocycles. The van der Waals surface area contributed by atoms with Gasteiger partial charge in [0.15, 0.2) is 11.6 Å². The van der Waals surface area contributed by atoms with Crippen LogP contribution in [0, 0.1) is 25.5 Å². The van der Waals surface area contributed by atoms with E-state index in [0.29, 0.717) is 30.6 Å². The molecule has 1 aromatic heterocycles. The van der Waals surface area contributed by atoms with Gasteiger partial charge in [-0.15, -0.1) is 0 Å². The van der Waals surface area contributed by atoms with Crippen LogP contribution in [0.2, 0.25) is 0 Å². The van der Waals surface area contributed by atoms with Gasteiger partial charge in [0.1, 0.15) is 11.6 Å². The molecule has 0 unspecified atom stereocenters. The van der Waals surface area contributed by atoms with E-state index in [9.17, 15) is 28.7 Å². The highest BCUT2D eigenvalue weighted by Crippen LogP contribution is 2.33. The van der Waals surface area contributed by atoms with Crippen molar-refractivity contribution in [2.75, 3.05) is 20.6 Å². The minimum atomic E-state index is -1.44. The normalized spacial score (nSPS) is 12.6. The van der Waals surface area contributed by atoms with Crippen LogP contribution in [0.15, 0.2) is 53.5 Å². The number of pyridine rings is 1. The minimum Gasteiger partial charge on any atom is -0.481 e. The first-order valence-electron chi connectivity index (χ1n) is 14.1. The molecule has 2 aromatic carbocycles. The molecule has 0 radical (unpaired) electrons. The molecule has 0 aliphatic rings. The molecule has 0 saturated heterocycles. The number of hydrogen-bond donors (Lipinski definition) is 3. The summed E-state index contributed by atoms with van der Waals surface area (Å²) in [7, 11) is 3.71. The maximum atomic E-state index is 15.2. The summed E-state index contributed by atoms with van der Waals surface area (Å²) in [5, 5.41) is 14.7. The van der Waals surface area contributed by atoms with E-state index in [-0.39, 0.29) is 17.5 Å². The maximum Gasteiger partial charge on any atom is 0.305 e. The molecule has 43 heavy (non-hydrogen) atoms. The molecule has 0 saturated carbocycles. The number of hydrogen-bond acceptors (Lipinski definition) is 5. The van der Waals surface area contributed by atoms with Gasteiger partial charge in [-0.05, 0) is 80.9 Å². The Morgan fingerprint density at radius 2 is 1.70 bits per heavy atom. The van der Waals surface area contributed by atoms with Crippen LogP contribution in [0.25, 0.3) is 11.1 Å². The fourth-order valence-electron chi connectivity index (χ4n) is 4.95. The largest absolute Gasteiger partial charge is 0.481 e. The van der Waals surface area contributed by atoms with Gasteiger partial charge in [0.05, 0.1) is 12.5 Å². The summed E-state index contributed by atoms with van der Waals surface area (Å²) in [6, 6.07) is 8.16. The van der Waals surface area contributed by atoms with Crippen molar-refractivity contribution in [2.24, 2.45) is 0 Å². The number of carboxylic acids is 1. The van der Waals surface area contributed by atoms with Crippen LogP contribution in [-0.4, -0.2) is 59.0 Å². The number of aryl methyl sites for hydroxylation is 2. The zero-order valence-corrected chi connectivity index (χ0v) is 25.0. The van der Waals surface area contributed by atoms with E-state index in [1.165, 1.54) is 16.7 Å². The SMILES string of the molecule is CCC[C@H](NC(=O)c1cccn(CCN(C)C)c1=O)C(=O)N[C@@H](CC(=O)O)c1cc(-c2c(C)cccc2C)cc(F)c1F. The highest BCUT2D eigenvalue weighted by atomic mass is 19.2. The van der Waals surface area contributed by atoms with Gasteiger partial charge in [-0.3, -0.25) is 19.2 Å². The Hall–Kier alpha value is -4.38. The van der Waals surface area contributed by atoms with Crippen LogP contribution in [0.5, 0.6) is 0 Å². The first-order chi connectivity index (χ1) is 20.3. The van der Waals surface area contributed by atoms with Crippen LogP contribution in [0.1, 0.15) is 59.3 Å². The van der Waals surface area contributed by atoms with Crippen molar-refractivity contribution in [3.05, 3.63) is 92.9 Å². The van der Waals surface area contributed by atoms with Gasteiger partial charge in [0.25, 0.3) is 11.5 Å². The standard InChI is InChI=1S/C32H38F2N4O5/c1-6-9-25(35-30(41)22-12-8-13-38(32(22)43)15-14-37(4)5)31(42)36-26(18-27(39)40)23-16-21(17-24(33)29(23)34)28-19(2)10-7-11-20(28)3/h7-8,10-13,16-17,25-26H,6,9,14-15,18H2,1-5H3,(H,35,41)(H,36,42)(H,39,40)/t25-,26-/m0/s1. The highest BCUT2D eigenvalue weighted by Gasteiger charge is 2.29. The molecule has 3 aromatic rings. The number of likely N-dealkylation sites (N-methyl/N-ethyl adjacent to an activating group) is 1. The molecule has 2 atom stereocenters. The average Bonchev–Trinajstić information content (AvgIpc) is 2.93. The van der Waals surface area contributed by atoms with Crippen LogP contribution < -0.4 is 16.2 Å². The summed E-state index contributed by atoms with van der Waals surface area (Å²) in [6.45, 7) is 6.34. The monoisotopic (exact) mass is 596 g/mol. The summed E-state index contributed by atoms with van der Waals surface area (Å²) in [4.78, 5) is 53.1. The number of benzene rings is 2. The van der Waals surface area contributed by atoms with Crippen molar-refractivity contribution in [1.82, 2.24) is 20.1 Å². The third-order valence-corrected chi connectivity index (χ3v) is 7.15. The Bertz CT molecular complexity index is 1530. The lowest BCUT2D eigenvalue weighted by atomic mass is 9.92. The summed E-state index contributed by atoms with van der Waals surface area (Å²) in [5.74, 6) is -5.38. The fourth-order valence-corrected chi connectivity index (χ4v) is 4.95. The van der Waals surface area contributed by atoms with E-state index in [2.05, 4.69) is 10.6 Å². The Morgan fingerprint density at radius 3 is 2.30 bits per heavy atom. The van der Waals surface area contributed by atoms with E-state index in [4.69, 9.17) is 0 Å². The number of aromatic nitrogens is 1. The first-order valence-corrected chi connectivity index (χ1v) is 14.1. The molecule has 0 spiro atoms. The van der Waals surface area contributed by atoms with Crippen molar-refractivity contribution in [2.45, 2.75) is 58.7 Å². The Kier molecular flexibility index (Phi) is 11.3. The number of carboxylic acid groups (broad SMARTS) is 1. The van der Waals surface area contributed by atoms with Crippen LogP contribution in [-0.2, 0) is 16.1 Å². The molecule has 3 N–H and O–H groups in total. The predicted molar refractivity (Wildman–Crippen MR) is 160 cm³/mol. The summed E-state index contributed by atoms with van der Waals surface area (Å²) in [6.07, 6.45) is 1.43. The second kappa shape index (κ2) is 14.7. The van der Waals surface area contributed by atoms with Gasteiger partial charge >= 0.3 is 5.97 Å². The molecule has 0 aliphatic heterocycles. The first kappa shape index (κ1) is 33.1. The van der Waals surface area contributed by atoms with Gasteiger partial charge in [-0.1, -0.05) is 31.5 Å². The molecule has 230 valence electrons. The molecule has 2 amide bonds. The zero-order valence-electron chi connectivity index (χ0n) is 25.0. The molecular formula is C32H38F2N4O5. The quantitative estimate of drug-likeness (QED) is 0.272. The van der Waals surface area contributed by atoms with Crippen LogP contribution >= 0.6 is 0 Å². The Morgan fingerprint density at radius 1 is 1.02 bits per heavy atom. The van der Waals surface area contributed by atoms with Crippen molar-refractivity contribution >= 4 is 17.8 Å². The summed E-state index contributed by atoms with van der Waals surface area (Å²) >= 11 is 0. The maximum absolute atomic E-state index is 15.2. The van der Waals surface area contributed by atoms with Gasteiger partial charge in [0.2, 0.25) is 5.91 Å². The van der Waals surface area contributed by atoms with E-state index >= 15 is 4.39 Å². The molecule has 3 rings (SSSR count).